The minimum absolute atomic E-state index is 0.279. The van der Waals surface area contributed by atoms with Crippen molar-refractivity contribution in [2.75, 3.05) is 0 Å². The standard InChI is InChI=1S/C17H20N4/c1-12-7-8-13(2)15(10-12)14(3)18-11-17-20-19-16-6-4-5-9-21(16)17/h4-10,14,18H,11H2,1-3H3. The van der Waals surface area contributed by atoms with Crippen molar-refractivity contribution in [1.82, 2.24) is 19.9 Å². The van der Waals surface area contributed by atoms with E-state index < -0.39 is 0 Å². The molecule has 0 fully saturated rings. The number of rotatable bonds is 4. The van der Waals surface area contributed by atoms with Crippen LogP contribution in [0.25, 0.3) is 5.65 Å². The number of hydrogen-bond acceptors (Lipinski definition) is 3. The fraction of sp³-hybridized carbons (Fsp3) is 0.294. The Hall–Kier alpha value is -2.20. The second-order valence-electron chi connectivity index (χ2n) is 5.51. The lowest BCUT2D eigenvalue weighted by Gasteiger charge is -2.16. The van der Waals surface area contributed by atoms with Gasteiger partial charge in [0.05, 0.1) is 6.54 Å². The molecule has 0 aliphatic rings. The average Bonchev–Trinajstić information content (AvgIpc) is 2.90. The van der Waals surface area contributed by atoms with Crippen LogP contribution in [0.5, 0.6) is 0 Å². The van der Waals surface area contributed by atoms with E-state index in [1.54, 1.807) is 0 Å². The van der Waals surface area contributed by atoms with E-state index in [9.17, 15) is 0 Å². The van der Waals surface area contributed by atoms with Crippen LogP contribution in [0.15, 0.2) is 42.6 Å². The van der Waals surface area contributed by atoms with Gasteiger partial charge in [-0.3, -0.25) is 4.40 Å². The van der Waals surface area contributed by atoms with Crippen molar-refractivity contribution in [2.45, 2.75) is 33.4 Å². The Bertz CT molecular complexity index is 760. The molecular weight excluding hydrogens is 260 g/mol. The number of pyridine rings is 1. The normalized spacial score (nSPS) is 12.7. The lowest BCUT2D eigenvalue weighted by Crippen LogP contribution is -2.20. The van der Waals surface area contributed by atoms with Gasteiger partial charge in [0, 0.05) is 12.2 Å². The number of benzene rings is 1. The summed E-state index contributed by atoms with van der Waals surface area (Å²) in [5, 5.41) is 12.0. The van der Waals surface area contributed by atoms with Crippen LogP contribution in [0.4, 0.5) is 0 Å². The summed E-state index contributed by atoms with van der Waals surface area (Å²) in [6, 6.07) is 12.8. The molecule has 0 saturated carbocycles. The van der Waals surface area contributed by atoms with Crippen LogP contribution >= 0.6 is 0 Å². The fourth-order valence-corrected chi connectivity index (χ4v) is 2.59. The largest absolute Gasteiger partial charge is 0.303 e. The molecule has 0 aliphatic carbocycles. The van der Waals surface area contributed by atoms with E-state index in [1.165, 1.54) is 16.7 Å². The van der Waals surface area contributed by atoms with E-state index in [4.69, 9.17) is 0 Å². The maximum absolute atomic E-state index is 4.25. The lowest BCUT2D eigenvalue weighted by atomic mass is 10.00. The van der Waals surface area contributed by atoms with E-state index in [2.05, 4.69) is 54.5 Å². The Labute approximate surface area is 124 Å². The summed E-state index contributed by atoms with van der Waals surface area (Å²) in [6.45, 7) is 7.16. The maximum Gasteiger partial charge on any atom is 0.160 e. The van der Waals surface area contributed by atoms with Crippen LogP contribution in [0.3, 0.4) is 0 Å². The van der Waals surface area contributed by atoms with Crippen LogP contribution in [0, 0.1) is 13.8 Å². The first-order valence-electron chi connectivity index (χ1n) is 7.24. The zero-order valence-corrected chi connectivity index (χ0v) is 12.7. The smallest absolute Gasteiger partial charge is 0.160 e. The number of nitrogens with zero attached hydrogens (tertiary/aromatic N) is 3. The van der Waals surface area contributed by atoms with Gasteiger partial charge >= 0.3 is 0 Å². The third kappa shape index (κ3) is 2.81. The molecule has 1 atom stereocenters. The van der Waals surface area contributed by atoms with Gasteiger partial charge < -0.3 is 5.32 Å². The molecular formula is C17H20N4. The molecule has 0 aliphatic heterocycles. The van der Waals surface area contributed by atoms with Crippen molar-refractivity contribution >= 4 is 5.65 Å². The quantitative estimate of drug-likeness (QED) is 0.798. The summed E-state index contributed by atoms with van der Waals surface area (Å²) in [6.07, 6.45) is 1.99. The molecule has 0 saturated heterocycles. The van der Waals surface area contributed by atoms with Crippen LogP contribution in [0.1, 0.15) is 35.5 Å². The van der Waals surface area contributed by atoms with Crippen LogP contribution in [-0.4, -0.2) is 14.6 Å². The highest BCUT2D eigenvalue weighted by Crippen LogP contribution is 2.19. The van der Waals surface area contributed by atoms with Crippen LogP contribution in [-0.2, 0) is 6.54 Å². The molecule has 1 aromatic carbocycles. The molecule has 21 heavy (non-hydrogen) atoms. The number of hydrogen-bond donors (Lipinski definition) is 1. The summed E-state index contributed by atoms with van der Waals surface area (Å²) in [7, 11) is 0. The zero-order valence-electron chi connectivity index (χ0n) is 12.7. The van der Waals surface area contributed by atoms with E-state index in [-0.39, 0.29) is 6.04 Å². The molecule has 4 nitrogen and oxygen atoms in total. The molecule has 1 N–H and O–H groups in total. The second-order valence-corrected chi connectivity index (χ2v) is 5.51. The van der Waals surface area contributed by atoms with E-state index in [0.29, 0.717) is 6.54 Å². The molecule has 0 radical (unpaired) electrons. The number of nitrogens with one attached hydrogen (secondary N) is 1. The highest BCUT2D eigenvalue weighted by Gasteiger charge is 2.10. The Morgan fingerprint density at radius 1 is 1.14 bits per heavy atom. The van der Waals surface area contributed by atoms with E-state index in [1.807, 2.05) is 28.8 Å². The fourth-order valence-electron chi connectivity index (χ4n) is 2.59. The van der Waals surface area contributed by atoms with Gasteiger partial charge in [-0.2, -0.15) is 0 Å². The van der Waals surface area contributed by atoms with Gasteiger partial charge in [-0.25, -0.2) is 0 Å². The summed E-state index contributed by atoms with van der Waals surface area (Å²) in [5.41, 5.74) is 4.82. The van der Waals surface area contributed by atoms with E-state index in [0.717, 1.165) is 11.5 Å². The van der Waals surface area contributed by atoms with E-state index >= 15 is 0 Å². The Morgan fingerprint density at radius 3 is 2.86 bits per heavy atom. The third-order valence-electron chi connectivity index (χ3n) is 3.85. The lowest BCUT2D eigenvalue weighted by molar-refractivity contribution is 0.554. The molecule has 2 aromatic heterocycles. The Kier molecular flexibility index (Phi) is 3.71. The minimum atomic E-state index is 0.279. The van der Waals surface area contributed by atoms with Gasteiger partial charge in [-0.15, -0.1) is 10.2 Å². The Balaban J connectivity index is 1.76. The topological polar surface area (TPSA) is 42.2 Å². The van der Waals surface area contributed by atoms with Crippen molar-refractivity contribution in [3.05, 3.63) is 65.1 Å². The SMILES string of the molecule is Cc1ccc(C)c(C(C)NCc2nnc3ccccn23)c1. The number of aryl methyl sites for hydroxylation is 2. The molecule has 4 heteroatoms. The number of fused-ring (bicyclic) bond motifs is 1. The third-order valence-corrected chi connectivity index (χ3v) is 3.85. The first kappa shape index (κ1) is 13.8. The van der Waals surface area contributed by atoms with Crippen molar-refractivity contribution < 1.29 is 0 Å². The molecule has 3 aromatic rings. The predicted octanol–water partition coefficient (Wildman–Crippen LogP) is 3.20. The molecule has 2 heterocycles. The molecule has 3 rings (SSSR count). The van der Waals surface area contributed by atoms with Gasteiger partial charge in [0.1, 0.15) is 0 Å². The molecule has 0 bridgehead atoms. The first-order valence-corrected chi connectivity index (χ1v) is 7.24. The summed E-state index contributed by atoms with van der Waals surface area (Å²) in [4.78, 5) is 0. The maximum atomic E-state index is 4.25. The summed E-state index contributed by atoms with van der Waals surface area (Å²) in [5.74, 6) is 0.933. The van der Waals surface area contributed by atoms with Crippen molar-refractivity contribution in [2.24, 2.45) is 0 Å². The Morgan fingerprint density at radius 2 is 2.00 bits per heavy atom. The van der Waals surface area contributed by atoms with Gasteiger partial charge in [-0.05, 0) is 44.0 Å². The van der Waals surface area contributed by atoms with Gasteiger partial charge in [0.25, 0.3) is 0 Å². The molecule has 0 spiro atoms. The molecule has 108 valence electrons. The minimum Gasteiger partial charge on any atom is -0.303 e. The van der Waals surface area contributed by atoms with Gasteiger partial charge in [0.15, 0.2) is 11.5 Å². The summed E-state index contributed by atoms with van der Waals surface area (Å²) >= 11 is 0. The van der Waals surface area contributed by atoms with Crippen molar-refractivity contribution in [1.29, 1.82) is 0 Å². The average molecular weight is 280 g/mol. The van der Waals surface area contributed by atoms with Crippen LogP contribution in [0.2, 0.25) is 0 Å². The first-order chi connectivity index (χ1) is 10.1. The van der Waals surface area contributed by atoms with Gasteiger partial charge in [-0.1, -0.05) is 29.8 Å². The molecule has 1 unspecified atom stereocenters. The monoisotopic (exact) mass is 280 g/mol. The highest BCUT2D eigenvalue weighted by molar-refractivity contribution is 5.37. The van der Waals surface area contributed by atoms with Crippen LogP contribution < -0.4 is 5.32 Å². The van der Waals surface area contributed by atoms with Crippen molar-refractivity contribution in [3.8, 4) is 0 Å². The van der Waals surface area contributed by atoms with Gasteiger partial charge in [0.2, 0.25) is 0 Å². The van der Waals surface area contributed by atoms with Crippen molar-refractivity contribution in [3.63, 3.8) is 0 Å². The molecule has 0 amide bonds. The second kappa shape index (κ2) is 5.66. The zero-order chi connectivity index (χ0) is 14.8. The predicted molar refractivity (Wildman–Crippen MR) is 84.2 cm³/mol. The number of aromatic nitrogens is 3. The summed E-state index contributed by atoms with van der Waals surface area (Å²) < 4.78 is 2.02. The highest BCUT2D eigenvalue weighted by atomic mass is 15.3.